The van der Waals surface area contributed by atoms with Crippen LogP contribution >= 0.6 is 0 Å². The molecule has 0 N–H and O–H groups in total. The van der Waals surface area contributed by atoms with Gasteiger partial charge in [-0.05, 0) is 5.56 Å². The zero-order valence-electron chi connectivity index (χ0n) is 13.9. The Morgan fingerprint density at radius 1 is 0.680 bits per heavy atom. The lowest BCUT2D eigenvalue weighted by Gasteiger charge is -2.40. The van der Waals surface area contributed by atoms with E-state index in [9.17, 15) is 0 Å². The summed E-state index contributed by atoms with van der Waals surface area (Å²) in [5, 5.41) is 0. The number of rotatable bonds is 2. The van der Waals surface area contributed by atoms with Crippen molar-refractivity contribution in [2.75, 3.05) is 0 Å². The van der Waals surface area contributed by atoms with Crippen LogP contribution in [0, 0.1) is 0 Å². The summed E-state index contributed by atoms with van der Waals surface area (Å²) >= 11 is 0. The highest BCUT2D eigenvalue weighted by atomic mass is 17.3. The number of ether oxygens (including phenoxy) is 1. The summed E-state index contributed by atoms with van der Waals surface area (Å²) in [5.41, 5.74) is 4.05. The summed E-state index contributed by atoms with van der Waals surface area (Å²) < 4.78 is 6.64. The van der Waals surface area contributed by atoms with Crippen molar-refractivity contribution in [1.29, 1.82) is 0 Å². The number of hydrogen-bond donors (Lipinski definition) is 0. The van der Waals surface area contributed by atoms with E-state index in [4.69, 9.17) is 14.5 Å². The first-order chi connectivity index (χ1) is 12.3. The Morgan fingerprint density at radius 3 is 2.00 bits per heavy atom. The molecular weight excluding hydrogens is 312 g/mol. The Kier molecular flexibility index (Phi) is 3.13. The maximum Gasteiger partial charge on any atom is 0.257 e. The van der Waals surface area contributed by atoms with Crippen molar-refractivity contribution in [3.8, 4) is 0 Å². The molecule has 0 aliphatic carbocycles. The average molecular weight is 330 g/mol. The monoisotopic (exact) mass is 330 g/mol. The molecule has 3 nitrogen and oxygen atoms in total. The third-order valence-electron chi connectivity index (χ3n) is 5.26. The minimum Gasteiger partial charge on any atom is -0.300 e. The minimum absolute atomic E-state index is 0.00885. The van der Waals surface area contributed by atoms with Crippen LogP contribution in [0.1, 0.15) is 35.1 Å². The van der Waals surface area contributed by atoms with Crippen molar-refractivity contribution in [3.63, 3.8) is 0 Å². The van der Waals surface area contributed by atoms with E-state index in [-0.39, 0.29) is 5.92 Å². The van der Waals surface area contributed by atoms with Gasteiger partial charge in [0.1, 0.15) is 0 Å². The quantitative estimate of drug-likeness (QED) is 0.630. The largest absolute Gasteiger partial charge is 0.300 e. The third-order valence-corrected chi connectivity index (χ3v) is 5.26. The standard InChI is InChI=1S/C22H18O3/c1-16-19-14-8-9-15-20(19)22(18-12-6-3-7-13-18)23-21(16,24-25-22)17-10-4-2-5-11-17/h2-16H,1H3/t16?,21-,22-/m1/s1. The first kappa shape index (κ1) is 14.8. The van der Waals surface area contributed by atoms with Crippen LogP contribution in [0.15, 0.2) is 84.9 Å². The molecule has 1 saturated heterocycles. The topological polar surface area (TPSA) is 27.7 Å². The summed E-state index contributed by atoms with van der Waals surface area (Å²) in [6.45, 7) is 2.12. The number of fused-ring (bicyclic) bond motifs is 4. The molecule has 0 radical (unpaired) electrons. The van der Waals surface area contributed by atoms with Gasteiger partial charge in [-0.1, -0.05) is 91.9 Å². The molecule has 3 aromatic rings. The van der Waals surface area contributed by atoms with E-state index in [2.05, 4.69) is 25.1 Å². The molecule has 3 atom stereocenters. The van der Waals surface area contributed by atoms with Gasteiger partial charge in [0.2, 0.25) is 5.79 Å². The van der Waals surface area contributed by atoms with Gasteiger partial charge in [0, 0.05) is 22.6 Å². The molecule has 25 heavy (non-hydrogen) atoms. The van der Waals surface area contributed by atoms with E-state index in [0.29, 0.717) is 0 Å². The SMILES string of the molecule is CC1c2ccccc2[C@@]2(c3ccccc3)OO[C@]1(c1ccccc1)O2. The van der Waals surface area contributed by atoms with Gasteiger partial charge in [0.15, 0.2) is 0 Å². The van der Waals surface area contributed by atoms with E-state index in [1.807, 2.05) is 66.7 Å². The first-order valence-electron chi connectivity index (χ1n) is 8.54. The van der Waals surface area contributed by atoms with Crippen LogP contribution in [0.2, 0.25) is 0 Å². The van der Waals surface area contributed by atoms with Crippen LogP contribution in [-0.2, 0) is 26.1 Å². The fourth-order valence-electron chi connectivity index (χ4n) is 3.96. The Morgan fingerprint density at radius 2 is 1.28 bits per heavy atom. The Balaban J connectivity index is 1.78. The van der Waals surface area contributed by atoms with Crippen LogP contribution in [-0.4, -0.2) is 0 Å². The molecule has 2 heterocycles. The molecule has 3 heteroatoms. The number of benzene rings is 3. The lowest BCUT2D eigenvalue weighted by Crippen LogP contribution is -2.43. The predicted octanol–water partition coefficient (Wildman–Crippen LogP) is 4.84. The average Bonchev–Trinajstić information content (AvgIpc) is 3.08. The minimum atomic E-state index is -1.06. The van der Waals surface area contributed by atoms with Gasteiger partial charge >= 0.3 is 0 Å². The fraction of sp³-hybridized carbons (Fsp3) is 0.182. The van der Waals surface area contributed by atoms with Crippen LogP contribution in [0.3, 0.4) is 0 Å². The summed E-state index contributed by atoms with van der Waals surface area (Å²) in [7, 11) is 0. The van der Waals surface area contributed by atoms with Gasteiger partial charge in [-0.25, -0.2) is 0 Å². The summed E-state index contributed by atoms with van der Waals surface area (Å²) in [6.07, 6.45) is 0. The molecule has 0 amide bonds. The third kappa shape index (κ3) is 1.91. The smallest absolute Gasteiger partial charge is 0.257 e. The maximum absolute atomic E-state index is 6.64. The van der Waals surface area contributed by atoms with Crippen LogP contribution in [0.4, 0.5) is 0 Å². The van der Waals surface area contributed by atoms with Gasteiger partial charge < -0.3 is 0 Å². The summed E-state index contributed by atoms with van der Waals surface area (Å²) in [6, 6.07) is 28.3. The van der Waals surface area contributed by atoms with E-state index in [1.54, 1.807) is 0 Å². The van der Waals surface area contributed by atoms with Crippen molar-refractivity contribution in [3.05, 3.63) is 107 Å². The molecule has 0 aromatic heterocycles. The highest BCUT2D eigenvalue weighted by Gasteiger charge is 2.63. The molecule has 5 rings (SSSR count). The molecule has 2 aliphatic rings. The number of hydrogen-bond acceptors (Lipinski definition) is 3. The fourth-order valence-corrected chi connectivity index (χ4v) is 3.96. The van der Waals surface area contributed by atoms with E-state index >= 15 is 0 Å². The zero-order chi connectivity index (χ0) is 16.9. The van der Waals surface area contributed by atoms with Crippen molar-refractivity contribution >= 4 is 0 Å². The van der Waals surface area contributed by atoms with Gasteiger partial charge in [0.05, 0.1) is 0 Å². The second kappa shape index (κ2) is 5.27. The van der Waals surface area contributed by atoms with E-state index < -0.39 is 11.6 Å². The Bertz CT molecular complexity index is 909. The summed E-state index contributed by atoms with van der Waals surface area (Å²) in [4.78, 5) is 12.0. The highest BCUT2D eigenvalue weighted by molar-refractivity contribution is 5.46. The van der Waals surface area contributed by atoms with Crippen molar-refractivity contribution in [1.82, 2.24) is 0 Å². The lowest BCUT2D eigenvalue weighted by molar-refractivity contribution is -0.350. The second-order valence-electron chi connectivity index (χ2n) is 6.59. The van der Waals surface area contributed by atoms with Gasteiger partial charge in [0.25, 0.3) is 5.79 Å². The van der Waals surface area contributed by atoms with Crippen LogP contribution < -0.4 is 0 Å². The summed E-state index contributed by atoms with van der Waals surface area (Å²) in [5.74, 6) is -2.03. The second-order valence-corrected chi connectivity index (χ2v) is 6.59. The lowest BCUT2D eigenvalue weighted by atomic mass is 9.78. The van der Waals surface area contributed by atoms with Crippen LogP contribution in [0.25, 0.3) is 0 Å². The molecule has 2 bridgehead atoms. The highest BCUT2D eigenvalue weighted by Crippen LogP contribution is 2.60. The normalized spacial score (nSPS) is 30.0. The molecule has 1 fully saturated rings. The Labute approximate surface area is 146 Å². The molecule has 1 unspecified atom stereocenters. The molecule has 0 saturated carbocycles. The molecule has 3 aromatic carbocycles. The first-order valence-corrected chi connectivity index (χ1v) is 8.54. The predicted molar refractivity (Wildman–Crippen MR) is 93.5 cm³/mol. The van der Waals surface area contributed by atoms with Crippen molar-refractivity contribution in [2.45, 2.75) is 24.4 Å². The molecule has 0 spiro atoms. The van der Waals surface area contributed by atoms with Gasteiger partial charge in [-0.3, -0.25) is 4.74 Å². The van der Waals surface area contributed by atoms with Crippen LogP contribution in [0.5, 0.6) is 0 Å². The maximum atomic E-state index is 6.64. The van der Waals surface area contributed by atoms with Crippen molar-refractivity contribution < 1.29 is 14.5 Å². The van der Waals surface area contributed by atoms with Crippen molar-refractivity contribution in [2.24, 2.45) is 0 Å². The van der Waals surface area contributed by atoms with E-state index in [0.717, 1.165) is 16.7 Å². The zero-order valence-corrected chi connectivity index (χ0v) is 13.9. The van der Waals surface area contributed by atoms with Gasteiger partial charge in [-0.15, -0.1) is 0 Å². The Hall–Kier alpha value is -2.46. The van der Waals surface area contributed by atoms with Gasteiger partial charge in [-0.2, -0.15) is 9.78 Å². The molecule has 2 aliphatic heterocycles. The molecule has 124 valence electrons. The molecular formula is C22H18O3. The van der Waals surface area contributed by atoms with E-state index in [1.165, 1.54) is 5.56 Å².